The third-order valence-electron chi connectivity index (χ3n) is 2.76. The summed E-state index contributed by atoms with van der Waals surface area (Å²) in [5, 5.41) is 0. The smallest absolute Gasteiger partial charge is 0.427 e. The summed E-state index contributed by atoms with van der Waals surface area (Å²) in [7, 11) is 2.86. The highest BCUT2D eigenvalue weighted by molar-refractivity contribution is 9.10. The van der Waals surface area contributed by atoms with E-state index in [0.717, 1.165) is 0 Å². The van der Waals surface area contributed by atoms with Gasteiger partial charge in [0, 0.05) is 20.4 Å². The monoisotopic (exact) mass is 447 g/mol. The largest absolute Gasteiger partial charge is 0.443 e. The van der Waals surface area contributed by atoms with Crippen LogP contribution >= 0.6 is 15.9 Å². The van der Waals surface area contributed by atoms with Crippen LogP contribution in [0.3, 0.4) is 0 Å². The van der Waals surface area contributed by atoms with Gasteiger partial charge in [0.1, 0.15) is 16.9 Å². The first-order valence-corrected chi connectivity index (χ1v) is 8.92. The van der Waals surface area contributed by atoms with Crippen LogP contribution in [0.5, 0.6) is 0 Å². The minimum absolute atomic E-state index is 0.226. The Hall–Kier alpha value is -1.78. The van der Waals surface area contributed by atoms with Gasteiger partial charge < -0.3 is 18.9 Å². The first-order valence-electron chi connectivity index (χ1n) is 8.13. The summed E-state index contributed by atoms with van der Waals surface area (Å²) in [4.78, 5) is 34.2. The van der Waals surface area contributed by atoms with Crippen molar-refractivity contribution in [1.82, 2.24) is 9.97 Å². The first kappa shape index (κ1) is 23.3. The predicted octanol–water partition coefficient (Wildman–Crippen LogP) is 4.21. The van der Waals surface area contributed by atoms with Crippen molar-refractivity contribution in [1.29, 1.82) is 0 Å². The van der Waals surface area contributed by atoms with E-state index in [1.807, 2.05) is 0 Å². The van der Waals surface area contributed by atoms with Gasteiger partial charge in [-0.15, -0.1) is 4.90 Å². The van der Waals surface area contributed by atoms with Crippen molar-refractivity contribution >= 4 is 34.1 Å². The van der Waals surface area contributed by atoms with E-state index in [1.165, 1.54) is 20.4 Å². The molecule has 1 aromatic rings. The van der Waals surface area contributed by atoms with Gasteiger partial charge in [0.25, 0.3) is 0 Å². The van der Waals surface area contributed by atoms with Crippen LogP contribution in [0.2, 0.25) is 0 Å². The van der Waals surface area contributed by atoms with Crippen LogP contribution < -0.4 is 4.90 Å². The van der Waals surface area contributed by atoms with E-state index < -0.39 is 29.7 Å². The number of carbonyl (C=O) groups is 2. The van der Waals surface area contributed by atoms with E-state index >= 15 is 0 Å². The number of amides is 2. The maximum atomic E-state index is 12.6. The lowest BCUT2D eigenvalue weighted by atomic mass is 10.2. The van der Waals surface area contributed by atoms with Gasteiger partial charge in [0.15, 0.2) is 0 Å². The molecule has 0 aliphatic rings. The molecule has 0 saturated heterocycles. The number of imide groups is 1. The Balaban J connectivity index is 3.40. The Labute approximate surface area is 167 Å². The van der Waals surface area contributed by atoms with Gasteiger partial charge in [0.05, 0.1) is 4.47 Å². The third-order valence-corrected chi connectivity index (χ3v) is 3.37. The number of carbonyl (C=O) groups excluding carboxylic acids is 2. The topological polar surface area (TPSA) is 100 Å². The van der Waals surface area contributed by atoms with Crippen molar-refractivity contribution < 1.29 is 28.5 Å². The van der Waals surface area contributed by atoms with Gasteiger partial charge >= 0.3 is 12.2 Å². The molecule has 27 heavy (non-hydrogen) atoms. The van der Waals surface area contributed by atoms with E-state index in [9.17, 15) is 9.59 Å². The van der Waals surface area contributed by atoms with E-state index in [1.54, 1.807) is 41.5 Å². The van der Waals surface area contributed by atoms with Crippen molar-refractivity contribution in [2.45, 2.75) is 59.0 Å². The number of rotatable bonds is 4. The molecule has 0 radical (unpaired) electrons. The maximum absolute atomic E-state index is 12.6. The van der Waals surface area contributed by atoms with Crippen LogP contribution in [-0.4, -0.2) is 47.6 Å². The molecule has 0 fully saturated rings. The minimum Gasteiger partial charge on any atom is -0.443 e. The number of anilines is 1. The van der Waals surface area contributed by atoms with Crippen LogP contribution in [0.1, 0.15) is 53.5 Å². The molecule has 9 nitrogen and oxygen atoms in total. The van der Waals surface area contributed by atoms with Crippen LogP contribution in [0.4, 0.5) is 15.5 Å². The van der Waals surface area contributed by atoms with Gasteiger partial charge in [-0.1, -0.05) is 0 Å². The summed E-state index contributed by atoms with van der Waals surface area (Å²) in [5.74, 6) is -0.226. The first-order chi connectivity index (χ1) is 12.3. The molecule has 0 saturated carbocycles. The summed E-state index contributed by atoms with van der Waals surface area (Å²) >= 11 is 3.30. The molecule has 0 bridgehead atoms. The maximum Gasteiger partial charge on any atom is 0.427 e. The molecule has 10 heteroatoms. The van der Waals surface area contributed by atoms with Gasteiger partial charge in [-0.3, -0.25) is 0 Å². The average molecular weight is 448 g/mol. The van der Waals surface area contributed by atoms with Crippen LogP contribution in [0.25, 0.3) is 0 Å². The summed E-state index contributed by atoms with van der Waals surface area (Å²) < 4.78 is 21.5. The highest BCUT2D eigenvalue weighted by Gasteiger charge is 2.35. The van der Waals surface area contributed by atoms with Crippen molar-refractivity contribution in [3.8, 4) is 0 Å². The number of nitrogens with zero attached hydrogens (tertiary/aromatic N) is 3. The highest BCUT2D eigenvalue weighted by atomic mass is 79.9. The fourth-order valence-corrected chi connectivity index (χ4v) is 2.19. The van der Waals surface area contributed by atoms with Crippen LogP contribution in [-0.2, 0) is 18.9 Å². The summed E-state index contributed by atoms with van der Waals surface area (Å²) in [5.41, 5.74) is -1.38. The summed E-state index contributed by atoms with van der Waals surface area (Å²) in [6.07, 6.45) is -1.38. The molecule has 0 aliphatic heterocycles. The second kappa shape index (κ2) is 8.94. The molecule has 2 amide bonds. The Bertz CT molecular complexity index is 652. The van der Waals surface area contributed by atoms with Gasteiger partial charge in [-0.25, -0.2) is 19.6 Å². The zero-order chi connectivity index (χ0) is 21.0. The predicted molar refractivity (Wildman–Crippen MR) is 101 cm³/mol. The van der Waals surface area contributed by atoms with Gasteiger partial charge in [0.2, 0.25) is 12.2 Å². The van der Waals surface area contributed by atoms with Crippen LogP contribution in [0, 0.1) is 0 Å². The van der Waals surface area contributed by atoms with Crippen molar-refractivity contribution in [3.05, 3.63) is 16.4 Å². The molecule has 152 valence electrons. The highest BCUT2D eigenvalue weighted by Crippen LogP contribution is 2.27. The fraction of sp³-hybridized carbons (Fsp3) is 0.647. The standard InChI is InChI=1S/C17H26BrN3O6/c1-16(2,3)26-14(22)21(15(23)27-17(4,5)6)13-19-9-10(18)11(20-13)12(24-7)25-8/h9,12H,1-8H3. The van der Waals surface area contributed by atoms with E-state index in [4.69, 9.17) is 18.9 Å². The molecule has 0 N–H and O–H groups in total. The molecule has 1 heterocycles. The summed E-state index contributed by atoms with van der Waals surface area (Å²) in [6.45, 7) is 10.1. The Morgan fingerprint density at radius 1 is 1.00 bits per heavy atom. The third kappa shape index (κ3) is 7.04. The number of hydrogen-bond donors (Lipinski definition) is 0. The number of methoxy groups -OCH3 is 2. The Morgan fingerprint density at radius 3 is 1.81 bits per heavy atom. The molecular formula is C17H26BrN3O6. The molecule has 0 atom stereocenters. The van der Waals surface area contributed by atoms with Gasteiger partial charge in [-0.05, 0) is 57.5 Å². The summed E-state index contributed by atoms with van der Waals surface area (Å²) in [6, 6.07) is 0. The van der Waals surface area contributed by atoms with Crippen LogP contribution in [0.15, 0.2) is 10.7 Å². The Kier molecular flexibility index (Phi) is 7.70. The molecule has 0 spiro atoms. The molecule has 0 unspecified atom stereocenters. The zero-order valence-electron chi connectivity index (χ0n) is 16.8. The van der Waals surface area contributed by atoms with E-state index in [2.05, 4.69) is 25.9 Å². The number of aromatic nitrogens is 2. The van der Waals surface area contributed by atoms with E-state index in [0.29, 0.717) is 15.1 Å². The van der Waals surface area contributed by atoms with Crippen molar-refractivity contribution in [3.63, 3.8) is 0 Å². The number of ether oxygens (including phenoxy) is 4. The normalized spacial score (nSPS) is 12.1. The second-order valence-electron chi connectivity index (χ2n) is 7.50. The fourth-order valence-electron chi connectivity index (χ4n) is 1.82. The SMILES string of the molecule is COC(OC)c1nc(N(C(=O)OC(C)(C)C)C(=O)OC(C)(C)C)ncc1Br. The average Bonchev–Trinajstić information content (AvgIpc) is 2.47. The quantitative estimate of drug-likeness (QED) is 0.632. The lowest BCUT2D eigenvalue weighted by Gasteiger charge is -2.27. The van der Waals surface area contributed by atoms with Gasteiger partial charge in [-0.2, -0.15) is 0 Å². The molecular weight excluding hydrogens is 422 g/mol. The molecule has 1 rings (SSSR count). The number of halogens is 1. The van der Waals surface area contributed by atoms with Crippen molar-refractivity contribution in [2.24, 2.45) is 0 Å². The molecule has 0 aromatic carbocycles. The van der Waals surface area contributed by atoms with Crippen molar-refractivity contribution in [2.75, 3.05) is 19.1 Å². The lowest BCUT2D eigenvalue weighted by molar-refractivity contribution is -0.109. The molecule has 0 aliphatic carbocycles. The second-order valence-corrected chi connectivity index (χ2v) is 8.36. The van der Waals surface area contributed by atoms with E-state index in [-0.39, 0.29) is 5.95 Å². The zero-order valence-corrected chi connectivity index (χ0v) is 18.4. The molecule has 1 aromatic heterocycles. The minimum atomic E-state index is -0.962. The lowest BCUT2D eigenvalue weighted by Crippen LogP contribution is -2.44. The number of hydrogen-bond acceptors (Lipinski definition) is 8. The Morgan fingerprint density at radius 2 is 1.44 bits per heavy atom.